The van der Waals surface area contributed by atoms with Gasteiger partial charge in [-0.25, -0.2) is 29.3 Å². The van der Waals surface area contributed by atoms with Crippen molar-refractivity contribution >= 4 is 83.8 Å². The molecule has 0 aliphatic rings. The number of carboxylic acids is 1. The predicted molar refractivity (Wildman–Crippen MR) is 305 cm³/mol. The topological polar surface area (TPSA) is 227 Å². The summed E-state index contributed by atoms with van der Waals surface area (Å²) in [4.78, 5) is 58.5. The molecule has 0 fully saturated rings. The summed E-state index contributed by atoms with van der Waals surface area (Å²) >= 11 is 9.46. The Kier molecular flexibility index (Phi) is 19.4. The first-order valence-electron chi connectivity index (χ1n) is 24.8. The largest absolute Gasteiger partial charge is 0.479 e. The van der Waals surface area contributed by atoms with Crippen LogP contribution in [0.5, 0.6) is 52.1 Å². The van der Waals surface area contributed by atoms with Gasteiger partial charge in [-0.05, 0) is 170 Å². The molecule has 0 unspecified atom stereocenters. The van der Waals surface area contributed by atoms with Gasteiger partial charge in [0.05, 0.1) is 40.1 Å². The third-order valence-electron chi connectivity index (χ3n) is 11.2. The number of aliphatic carboxylic acids is 1. The number of nitro groups is 1. The molecule has 80 heavy (non-hydrogen) atoms. The molecule has 1 N–H and O–H groups in total. The van der Waals surface area contributed by atoms with Crippen molar-refractivity contribution in [3.8, 4) is 52.1 Å². The number of hydrogen-bond donors (Lipinski definition) is 1. The molecule has 0 saturated carbocycles. The lowest BCUT2D eigenvalue weighted by Crippen LogP contribution is -2.39. The number of carbonyl (C=O) groups excluding carboxylic acids is 2. The molecule has 9 aromatic rings. The Morgan fingerprint density at radius 2 is 0.988 bits per heavy atom. The lowest BCUT2D eigenvalue weighted by Gasteiger charge is -2.24. The summed E-state index contributed by atoms with van der Waals surface area (Å²) in [7, 11) is 0. The van der Waals surface area contributed by atoms with Gasteiger partial charge in [-0.1, -0.05) is 45.7 Å². The highest BCUT2D eigenvalue weighted by atomic mass is 79.9. The Bertz CT molecular complexity index is 3480. The zero-order valence-corrected chi connectivity index (χ0v) is 46.7. The minimum absolute atomic E-state index is 0.0180. The van der Waals surface area contributed by atoms with E-state index in [-0.39, 0.29) is 11.6 Å². The van der Waals surface area contributed by atoms with E-state index >= 15 is 0 Å². The van der Waals surface area contributed by atoms with Crippen LogP contribution in [0.25, 0.3) is 32.7 Å². The van der Waals surface area contributed by atoms with Gasteiger partial charge in [0.2, 0.25) is 17.6 Å². The number of esters is 2. The Morgan fingerprint density at radius 3 is 1.45 bits per heavy atom. The molecule has 0 aliphatic carbocycles. The van der Waals surface area contributed by atoms with Crippen LogP contribution in [-0.4, -0.2) is 73.4 Å². The molecule has 0 saturated heterocycles. The number of fused-ring (bicyclic) bond motifs is 3. The number of aromatic nitrogens is 3. The molecule has 0 spiro atoms. The van der Waals surface area contributed by atoms with E-state index in [0.717, 1.165) is 26.3 Å². The van der Waals surface area contributed by atoms with Crippen molar-refractivity contribution < 1.29 is 62.3 Å². The van der Waals surface area contributed by atoms with Gasteiger partial charge in [-0.15, -0.1) is 0 Å². The van der Waals surface area contributed by atoms with Crippen LogP contribution in [-0.2, 0) is 23.9 Å². The molecule has 0 radical (unpaired) electrons. The number of non-ortho nitro benzene ring substituents is 1. The third kappa shape index (κ3) is 16.2. The summed E-state index contributed by atoms with van der Waals surface area (Å²) in [5.41, 5.74) is -0.0971. The number of nitro benzene ring substituents is 1. The number of carbonyl (C=O) groups is 3. The van der Waals surface area contributed by atoms with E-state index in [1.807, 2.05) is 48.5 Å². The predicted octanol–water partition coefficient (Wildman–Crippen LogP) is 14.7. The van der Waals surface area contributed by atoms with Crippen LogP contribution in [0.2, 0.25) is 5.02 Å². The van der Waals surface area contributed by atoms with Crippen molar-refractivity contribution in [2.75, 3.05) is 13.2 Å². The number of rotatable bonds is 18. The van der Waals surface area contributed by atoms with E-state index in [0.29, 0.717) is 75.4 Å². The van der Waals surface area contributed by atoms with Gasteiger partial charge in [-0.3, -0.25) is 10.1 Å². The summed E-state index contributed by atoms with van der Waals surface area (Å²) in [6.45, 7) is 12.3. The Morgan fingerprint density at radius 1 is 0.575 bits per heavy atom. The Hall–Kier alpha value is -9.07. The Balaban J connectivity index is 0.000000173. The van der Waals surface area contributed by atoms with E-state index in [4.69, 9.17) is 54.6 Å². The SMILES string of the molecule is CCOC(=O)C(C)(C)Oc1ccc(Oc2ccc3ccc(Br)cc3n2)cc1.CCOC(=O)C(C)(C)Oc1ccc(Oc2ccc3ccc(Cl)cc3n2)cc1.C[C@@H](Oc1ccc(Oc2ccc3c([N+](=O)[O-])cccc3n2)cc1)C(=O)O. The average molecular weight is 1170 g/mol. The summed E-state index contributed by atoms with van der Waals surface area (Å²) in [6, 6.07) is 47.1. The lowest BCUT2D eigenvalue weighted by atomic mass is 10.1. The molecule has 20 heteroatoms. The van der Waals surface area contributed by atoms with Crippen LogP contribution in [0.3, 0.4) is 0 Å². The van der Waals surface area contributed by atoms with Crippen molar-refractivity contribution in [2.24, 2.45) is 0 Å². The van der Waals surface area contributed by atoms with Crippen LogP contribution < -0.4 is 28.4 Å². The number of nitrogens with zero attached hydrogens (tertiary/aromatic N) is 4. The number of carboxylic acid groups (broad SMARTS) is 1. The van der Waals surface area contributed by atoms with Gasteiger partial charge in [0.25, 0.3) is 5.69 Å². The maximum absolute atomic E-state index is 11.9. The first kappa shape index (κ1) is 58.6. The zero-order valence-electron chi connectivity index (χ0n) is 44.4. The number of halogens is 2. The number of hydrogen-bond acceptors (Lipinski definition) is 16. The first-order valence-corrected chi connectivity index (χ1v) is 26.0. The maximum Gasteiger partial charge on any atom is 0.349 e. The fourth-order valence-corrected chi connectivity index (χ4v) is 7.75. The van der Waals surface area contributed by atoms with Gasteiger partial charge >= 0.3 is 17.9 Å². The molecule has 3 aromatic heterocycles. The summed E-state index contributed by atoms with van der Waals surface area (Å²) in [5, 5.41) is 22.9. The molecule has 6 aromatic carbocycles. The zero-order chi connectivity index (χ0) is 57.6. The molecule has 0 bridgehead atoms. The molecule has 3 heterocycles. The molecular weight excluding hydrogens is 1120 g/mol. The fourth-order valence-electron chi connectivity index (χ4n) is 7.23. The van der Waals surface area contributed by atoms with E-state index in [1.165, 1.54) is 13.0 Å². The number of ether oxygens (including phenoxy) is 8. The molecule has 0 amide bonds. The van der Waals surface area contributed by atoms with Crippen molar-refractivity contribution in [2.45, 2.75) is 65.8 Å². The summed E-state index contributed by atoms with van der Waals surface area (Å²) in [5.74, 6) is 2.56. The van der Waals surface area contributed by atoms with Crippen molar-refractivity contribution in [1.82, 2.24) is 15.0 Å². The monoisotopic (exact) mass is 1170 g/mol. The van der Waals surface area contributed by atoms with E-state index in [9.17, 15) is 24.5 Å². The average Bonchev–Trinajstić information content (AvgIpc) is 3.46. The van der Waals surface area contributed by atoms with Crippen LogP contribution >= 0.6 is 27.5 Å². The van der Waals surface area contributed by atoms with Gasteiger partial charge in [0.15, 0.2) is 17.3 Å². The molecule has 412 valence electrons. The van der Waals surface area contributed by atoms with Crippen LogP contribution in [0, 0.1) is 10.1 Å². The second kappa shape index (κ2) is 26.5. The molecular formula is C60H54BrClN4O14. The van der Waals surface area contributed by atoms with Gasteiger partial charge < -0.3 is 43.0 Å². The van der Waals surface area contributed by atoms with Crippen LogP contribution in [0.4, 0.5) is 5.69 Å². The van der Waals surface area contributed by atoms with Crippen LogP contribution in [0.1, 0.15) is 48.5 Å². The standard InChI is InChI=1S/C21H20BrNO4.C21H20ClNO4.C18H14N2O6/c2*1-4-25-20(24)21(2,3)27-17-10-8-16(9-11-17)26-19-12-6-14-5-7-15(22)13-18(14)23-19;1-11(18(21)22)25-12-5-7-13(8-6-12)26-17-10-9-14-15(19-17)3-2-4-16(14)20(23)24/h2*5-13H,4H2,1-3H3;2-11H,1H3,(H,21,22)/t;;11-/m..1/s1. The van der Waals surface area contributed by atoms with Crippen molar-refractivity contribution in [3.63, 3.8) is 0 Å². The lowest BCUT2D eigenvalue weighted by molar-refractivity contribution is -0.383. The van der Waals surface area contributed by atoms with Crippen LogP contribution in [0.15, 0.2) is 168 Å². The maximum atomic E-state index is 11.9. The number of pyridine rings is 3. The summed E-state index contributed by atoms with van der Waals surface area (Å²) in [6.07, 6.45) is -0.959. The molecule has 0 aliphatic heterocycles. The van der Waals surface area contributed by atoms with Gasteiger partial charge in [0.1, 0.15) is 34.5 Å². The molecule has 9 rings (SSSR count). The quantitative estimate of drug-likeness (QED) is 0.0478. The second-order valence-corrected chi connectivity index (χ2v) is 19.6. The van der Waals surface area contributed by atoms with Gasteiger partial charge in [0, 0.05) is 44.5 Å². The van der Waals surface area contributed by atoms with Gasteiger partial charge in [-0.2, -0.15) is 0 Å². The van der Waals surface area contributed by atoms with E-state index < -0.39 is 40.1 Å². The number of benzene rings is 6. The molecule has 1 atom stereocenters. The van der Waals surface area contributed by atoms with Crippen molar-refractivity contribution in [3.05, 3.63) is 183 Å². The minimum Gasteiger partial charge on any atom is -0.479 e. The normalized spacial score (nSPS) is 11.4. The van der Waals surface area contributed by atoms with Crippen molar-refractivity contribution in [1.29, 1.82) is 0 Å². The summed E-state index contributed by atoms with van der Waals surface area (Å²) < 4.78 is 45.0. The first-order chi connectivity index (χ1) is 38.2. The fraction of sp³-hybridized carbons (Fsp3) is 0.200. The highest BCUT2D eigenvalue weighted by molar-refractivity contribution is 9.10. The second-order valence-electron chi connectivity index (χ2n) is 18.2. The van der Waals surface area contributed by atoms with E-state index in [1.54, 1.807) is 151 Å². The third-order valence-corrected chi connectivity index (χ3v) is 11.9. The minimum atomic E-state index is -1.07. The highest BCUT2D eigenvalue weighted by Crippen LogP contribution is 2.32. The van der Waals surface area contributed by atoms with E-state index in [2.05, 4.69) is 30.9 Å². The smallest absolute Gasteiger partial charge is 0.349 e. The molecule has 18 nitrogen and oxygen atoms in total. The highest BCUT2D eigenvalue weighted by Gasteiger charge is 2.32. The Labute approximate surface area is 473 Å².